The fraction of sp³-hybridized carbons (Fsp3) is 0.587. The van der Waals surface area contributed by atoms with Crippen LogP contribution in [0.5, 0.6) is 0 Å². The zero-order valence-electron chi connectivity index (χ0n) is 34.5. The number of rotatable bonds is 38. The van der Waals surface area contributed by atoms with Crippen LogP contribution < -0.4 is 0 Å². The van der Waals surface area contributed by atoms with Gasteiger partial charge in [0.1, 0.15) is 12.2 Å². The Balaban J connectivity index is 4.36. The van der Waals surface area contributed by atoms with E-state index in [1.165, 1.54) is 0 Å². The Kier molecular flexibility index (Phi) is 39.6. The highest BCUT2D eigenvalue weighted by Crippen LogP contribution is 2.43. The highest BCUT2D eigenvalue weighted by atomic mass is 31.2. The van der Waals surface area contributed by atoms with Gasteiger partial charge in [-0.05, 0) is 96.3 Å². The minimum Gasteiger partial charge on any atom is -0.457 e. The lowest BCUT2D eigenvalue weighted by Crippen LogP contribution is -2.29. The second kappa shape index (κ2) is 41.7. The molecular formula is C46H75O9P. The molecular weight excluding hydrogens is 727 g/mol. The van der Waals surface area contributed by atoms with Crippen LogP contribution in [0.25, 0.3) is 0 Å². The lowest BCUT2D eigenvalue weighted by Gasteiger charge is -2.20. The van der Waals surface area contributed by atoms with Crippen molar-refractivity contribution < 1.29 is 43.0 Å². The van der Waals surface area contributed by atoms with Crippen molar-refractivity contribution in [2.45, 2.75) is 142 Å². The molecule has 0 aromatic heterocycles. The van der Waals surface area contributed by atoms with Gasteiger partial charge in [-0.3, -0.25) is 13.8 Å². The summed E-state index contributed by atoms with van der Waals surface area (Å²) in [7, 11) is -4.54. The van der Waals surface area contributed by atoms with E-state index in [-0.39, 0.29) is 13.0 Å². The summed E-state index contributed by atoms with van der Waals surface area (Å²) in [6, 6.07) is 0. The number of unbranched alkanes of at least 4 members (excludes halogenated alkanes) is 6. The molecule has 3 unspecified atom stereocenters. The monoisotopic (exact) mass is 803 g/mol. The minimum absolute atomic E-state index is 0.00590. The van der Waals surface area contributed by atoms with Crippen LogP contribution in [-0.2, 0) is 27.9 Å². The summed E-state index contributed by atoms with van der Waals surface area (Å²) in [5.41, 5.74) is 0. The number of ether oxygens (including phenoxy) is 2. The third kappa shape index (κ3) is 40.8. The van der Waals surface area contributed by atoms with Gasteiger partial charge in [-0.15, -0.1) is 0 Å². The number of carbonyl (C=O) groups is 1. The molecule has 0 spiro atoms. The number of carbonyl (C=O) groups excluding carboxylic acids is 1. The zero-order valence-corrected chi connectivity index (χ0v) is 35.4. The minimum atomic E-state index is -4.54. The third-order valence-corrected chi connectivity index (χ3v) is 8.90. The molecule has 0 aliphatic rings. The van der Waals surface area contributed by atoms with Gasteiger partial charge in [-0.2, -0.15) is 0 Å². The summed E-state index contributed by atoms with van der Waals surface area (Å²) in [5.74, 6) is -0.431. The molecule has 3 atom stereocenters. The Labute approximate surface area is 340 Å². The SMILES string of the molecule is CC/C=C\C/C=C\C/C=C\C/C=C\C/C=C\CCCCCC(=O)OC(COCCCCC/C=C\C/C=C\C/C=C\C/C=C\CC)COP(=O)(O)OCC(O)CO. The van der Waals surface area contributed by atoms with Crippen LogP contribution in [0.1, 0.15) is 129 Å². The Morgan fingerprint density at radius 2 is 0.964 bits per heavy atom. The van der Waals surface area contributed by atoms with Crippen molar-refractivity contribution in [1.29, 1.82) is 0 Å². The number of allylic oxidation sites excluding steroid dienone is 18. The van der Waals surface area contributed by atoms with Gasteiger partial charge in [0.15, 0.2) is 0 Å². The number of phosphoric ester groups is 1. The Morgan fingerprint density at radius 3 is 1.41 bits per heavy atom. The molecule has 0 aromatic rings. The smallest absolute Gasteiger partial charge is 0.457 e. The zero-order chi connectivity index (χ0) is 41.1. The van der Waals surface area contributed by atoms with Gasteiger partial charge >= 0.3 is 13.8 Å². The number of aliphatic hydroxyl groups excluding tert-OH is 2. The summed E-state index contributed by atoms with van der Waals surface area (Å²) in [4.78, 5) is 22.6. The van der Waals surface area contributed by atoms with Crippen molar-refractivity contribution >= 4 is 13.8 Å². The molecule has 56 heavy (non-hydrogen) atoms. The van der Waals surface area contributed by atoms with Crippen molar-refractivity contribution in [1.82, 2.24) is 0 Å². The van der Waals surface area contributed by atoms with Gasteiger partial charge in [0.25, 0.3) is 0 Å². The van der Waals surface area contributed by atoms with Gasteiger partial charge in [0, 0.05) is 13.0 Å². The molecule has 0 aliphatic heterocycles. The molecule has 0 aromatic carbocycles. The highest BCUT2D eigenvalue weighted by Gasteiger charge is 2.26. The van der Waals surface area contributed by atoms with E-state index in [9.17, 15) is 19.4 Å². The summed E-state index contributed by atoms with van der Waals surface area (Å²) in [5, 5.41) is 18.3. The van der Waals surface area contributed by atoms with Crippen LogP contribution in [-0.4, -0.2) is 66.3 Å². The molecule has 0 bridgehead atoms. The molecule has 3 N–H and O–H groups in total. The fourth-order valence-corrected chi connectivity index (χ4v) is 5.63. The standard InChI is InChI=1S/C46H75O9P/c1-3-5-7-9-11-13-15-17-19-21-22-23-24-26-28-30-32-34-36-38-46(49)55-45(43-54-56(50,51)53-41-44(48)40-47)42-52-39-37-35-33-31-29-27-25-20-18-16-14-12-10-8-6-4-2/h5-8,11-14,17-20,22-23,26-29,44-45,47-48H,3-4,9-10,15-16,21,24-25,30-43H2,1-2H3,(H,50,51)/b7-5-,8-6-,13-11-,14-12-,19-17-,20-18-,23-22-,28-26-,29-27-. The lowest BCUT2D eigenvalue weighted by molar-refractivity contribution is -0.154. The fourth-order valence-electron chi connectivity index (χ4n) is 4.84. The number of phosphoric acid groups is 1. The topological polar surface area (TPSA) is 132 Å². The molecule has 0 fully saturated rings. The predicted molar refractivity (Wildman–Crippen MR) is 232 cm³/mol. The highest BCUT2D eigenvalue weighted by molar-refractivity contribution is 7.47. The van der Waals surface area contributed by atoms with Crippen molar-refractivity contribution in [2.75, 3.05) is 33.0 Å². The quantitative estimate of drug-likeness (QED) is 0.0241. The summed E-state index contributed by atoms with van der Waals surface area (Å²) >= 11 is 0. The molecule has 0 radical (unpaired) electrons. The lowest BCUT2D eigenvalue weighted by atomic mass is 10.1. The van der Waals surface area contributed by atoms with Crippen LogP contribution in [0.3, 0.4) is 0 Å². The van der Waals surface area contributed by atoms with Crippen LogP contribution in [0, 0.1) is 0 Å². The summed E-state index contributed by atoms with van der Waals surface area (Å²) < 4.78 is 33.3. The Bertz CT molecular complexity index is 1230. The van der Waals surface area contributed by atoms with E-state index in [1.807, 2.05) is 0 Å². The molecule has 0 heterocycles. The number of esters is 1. The molecule has 9 nitrogen and oxygen atoms in total. The van der Waals surface area contributed by atoms with Crippen LogP contribution >= 0.6 is 7.82 Å². The van der Waals surface area contributed by atoms with Crippen LogP contribution in [0.4, 0.5) is 0 Å². The largest absolute Gasteiger partial charge is 0.472 e. The predicted octanol–water partition coefficient (Wildman–Crippen LogP) is 11.5. The first-order chi connectivity index (χ1) is 27.3. The van der Waals surface area contributed by atoms with Gasteiger partial charge in [-0.25, -0.2) is 4.57 Å². The van der Waals surface area contributed by atoms with Crippen LogP contribution in [0.15, 0.2) is 109 Å². The van der Waals surface area contributed by atoms with E-state index in [1.54, 1.807) is 0 Å². The van der Waals surface area contributed by atoms with Crippen molar-refractivity contribution in [2.24, 2.45) is 0 Å². The molecule has 0 amide bonds. The van der Waals surface area contributed by atoms with E-state index in [2.05, 4.69) is 123 Å². The maximum absolute atomic E-state index is 12.6. The van der Waals surface area contributed by atoms with Crippen LogP contribution in [0.2, 0.25) is 0 Å². The van der Waals surface area contributed by atoms with Gasteiger partial charge in [0.05, 0.1) is 26.4 Å². The van der Waals surface area contributed by atoms with Gasteiger partial charge in [-0.1, -0.05) is 136 Å². The first kappa shape index (κ1) is 53.1. The molecule has 0 aliphatic carbocycles. The van der Waals surface area contributed by atoms with E-state index in [4.69, 9.17) is 23.6 Å². The second-order valence-electron chi connectivity index (χ2n) is 13.2. The Hall–Kier alpha value is -2.88. The van der Waals surface area contributed by atoms with Gasteiger partial charge < -0.3 is 24.6 Å². The average molecular weight is 803 g/mol. The first-order valence-corrected chi connectivity index (χ1v) is 22.4. The van der Waals surface area contributed by atoms with E-state index >= 15 is 0 Å². The van der Waals surface area contributed by atoms with Gasteiger partial charge in [0.2, 0.25) is 0 Å². The molecule has 10 heteroatoms. The first-order valence-electron chi connectivity index (χ1n) is 20.9. The Morgan fingerprint density at radius 1 is 0.554 bits per heavy atom. The maximum atomic E-state index is 12.6. The van der Waals surface area contributed by atoms with Crippen molar-refractivity contribution in [3.8, 4) is 0 Å². The normalized spacial score (nSPS) is 15.2. The number of hydrogen-bond acceptors (Lipinski definition) is 8. The van der Waals surface area contributed by atoms with E-state index < -0.39 is 45.8 Å². The molecule has 318 valence electrons. The van der Waals surface area contributed by atoms with Crippen molar-refractivity contribution in [3.63, 3.8) is 0 Å². The van der Waals surface area contributed by atoms with Crippen molar-refractivity contribution in [3.05, 3.63) is 109 Å². The number of hydrogen-bond donors (Lipinski definition) is 3. The average Bonchev–Trinajstić information content (AvgIpc) is 3.19. The molecule has 0 rings (SSSR count). The summed E-state index contributed by atoms with van der Waals surface area (Å²) in [6.45, 7) is 3.12. The van der Waals surface area contributed by atoms with E-state index in [0.29, 0.717) is 13.0 Å². The number of aliphatic hydroxyl groups is 2. The second-order valence-corrected chi connectivity index (χ2v) is 14.7. The maximum Gasteiger partial charge on any atom is 0.472 e. The molecule has 0 saturated heterocycles. The third-order valence-electron chi connectivity index (χ3n) is 7.95. The summed E-state index contributed by atoms with van der Waals surface area (Å²) in [6.07, 6.45) is 53.3. The van der Waals surface area contributed by atoms with E-state index in [0.717, 1.165) is 103 Å². The molecule has 0 saturated carbocycles.